The topological polar surface area (TPSA) is 47.0 Å². The number of H-pyrrole nitrogens is 1. The van der Waals surface area contributed by atoms with Gasteiger partial charge < -0.3 is 9.72 Å². The molecule has 3 rings (SSSR count). The van der Waals surface area contributed by atoms with E-state index in [-0.39, 0.29) is 5.69 Å². The quantitative estimate of drug-likeness (QED) is 0.881. The van der Waals surface area contributed by atoms with Gasteiger partial charge in [-0.1, -0.05) is 6.07 Å². The van der Waals surface area contributed by atoms with E-state index in [1.807, 2.05) is 16.7 Å². The van der Waals surface area contributed by atoms with E-state index in [1.54, 1.807) is 0 Å². The molecule has 2 aromatic rings. The smallest absolute Gasteiger partial charge is 0.326 e. The second kappa shape index (κ2) is 4.61. The highest BCUT2D eigenvalue weighted by Gasteiger charge is 2.17. The maximum atomic E-state index is 12.0. The summed E-state index contributed by atoms with van der Waals surface area (Å²) in [7, 11) is 0. The van der Waals surface area contributed by atoms with Crippen molar-refractivity contribution in [3.05, 3.63) is 34.2 Å². The molecule has 1 N–H and O–H groups in total. The van der Waals surface area contributed by atoms with Crippen LogP contribution in [0.25, 0.3) is 11.0 Å². The van der Waals surface area contributed by atoms with Gasteiger partial charge in [0.2, 0.25) is 0 Å². The number of nitrogens with one attached hydrogen (secondary N) is 1. The third-order valence-corrected chi connectivity index (χ3v) is 3.71. The van der Waals surface area contributed by atoms with E-state index >= 15 is 0 Å². The third kappa shape index (κ3) is 2.08. The normalized spacial score (nSPS) is 17.4. The van der Waals surface area contributed by atoms with Crippen LogP contribution < -0.4 is 5.69 Å². The molecule has 1 saturated heterocycles. The number of aromatic amines is 1. The van der Waals surface area contributed by atoms with Crippen molar-refractivity contribution in [2.45, 2.75) is 26.3 Å². The number of benzene rings is 1. The van der Waals surface area contributed by atoms with Gasteiger partial charge in [0.05, 0.1) is 11.0 Å². The average Bonchev–Trinajstić information content (AvgIpc) is 2.67. The fourth-order valence-electron chi connectivity index (χ4n) is 2.63. The lowest BCUT2D eigenvalue weighted by atomic mass is 10.0. The summed E-state index contributed by atoms with van der Waals surface area (Å²) in [6.45, 7) is 4.49. The fourth-order valence-corrected chi connectivity index (χ4v) is 2.63. The van der Waals surface area contributed by atoms with Crippen LogP contribution >= 0.6 is 0 Å². The zero-order chi connectivity index (χ0) is 12.5. The minimum Gasteiger partial charge on any atom is -0.381 e. The molecule has 1 aromatic carbocycles. The van der Waals surface area contributed by atoms with Crippen LogP contribution in [0.1, 0.15) is 18.4 Å². The molecule has 0 saturated carbocycles. The first-order chi connectivity index (χ1) is 8.74. The van der Waals surface area contributed by atoms with Crippen molar-refractivity contribution in [2.24, 2.45) is 5.92 Å². The Hall–Kier alpha value is -1.55. The molecule has 0 atom stereocenters. The molecule has 0 spiro atoms. The van der Waals surface area contributed by atoms with E-state index in [1.165, 1.54) is 5.56 Å². The molecule has 0 amide bonds. The lowest BCUT2D eigenvalue weighted by molar-refractivity contribution is 0.0613. The summed E-state index contributed by atoms with van der Waals surface area (Å²) in [6, 6.07) is 6.08. The average molecular weight is 246 g/mol. The van der Waals surface area contributed by atoms with Crippen LogP contribution in [0.2, 0.25) is 0 Å². The van der Waals surface area contributed by atoms with E-state index in [0.717, 1.165) is 43.6 Å². The van der Waals surface area contributed by atoms with E-state index < -0.39 is 0 Å². The van der Waals surface area contributed by atoms with Gasteiger partial charge >= 0.3 is 5.69 Å². The predicted octanol–water partition coefficient (Wildman–Crippen LogP) is 2.06. The molecule has 0 bridgehead atoms. The number of imidazole rings is 1. The van der Waals surface area contributed by atoms with Crippen molar-refractivity contribution in [3.63, 3.8) is 0 Å². The Morgan fingerprint density at radius 2 is 2.17 bits per heavy atom. The minimum atomic E-state index is 0.00194. The van der Waals surface area contributed by atoms with Gasteiger partial charge in [-0.3, -0.25) is 4.57 Å². The number of hydrogen-bond donors (Lipinski definition) is 1. The summed E-state index contributed by atoms with van der Waals surface area (Å²) in [5.41, 5.74) is 3.13. The minimum absolute atomic E-state index is 0.00194. The number of nitrogens with zero attached hydrogens (tertiary/aromatic N) is 1. The summed E-state index contributed by atoms with van der Waals surface area (Å²) in [6.07, 6.45) is 2.09. The second-order valence-electron chi connectivity index (χ2n) is 5.12. The Morgan fingerprint density at radius 1 is 1.39 bits per heavy atom. The maximum Gasteiger partial charge on any atom is 0.326 e. The van der Waals surface area contributed by atoms with Crippen LogP contribution in [-0.4, -0.2) is 22.8 Å². The lowest BCUT2D eigenvalue weighted by Gasteiger charge is -2.22. The highest BCUT2D eigenvalue weighted by atomic mass is 16.5. The van der Waals surface area contributed by atoms with E-state index in [0.29, 0.717) is 5.92 Å². The number of aromatic nitrogens is 2. The molecular formula is C14H18N2O2. The number of fused-ring (bicyclic) bond motifs is 1. The summed E-state index contributed by atoms with van der Waals surface area (Å²) < 4.78 is 7.23. The fraction of sp³-hybridized carbons (Fsp3) is 0.500. The second-order valence-corrected chi connectivity index (χ2v) is 5.12. The Kier molecular flexibility index (Phi) is 2.96. The van der Waals surface area contributed by atoms with Gasteiger partial charge in [0.15, 0.2) is 0 Å². The molecular weight excluding hydrogens is 228 g/mol. The summed E-state index contributed by atoms with van der Waals surface area (Å²) in [4.78, 5) is 14.9. The van der Waals surface area contributed by atoms with Gasteiger partial charge in [0, 0.05) is 19.8 Å². The number of aryl methyl sites for hydroxylation is 1. The first-order valence-electron chi connectivity index (χ1n) is 6.51. The molecule has 0 aliphatic carbocycles. The van der Waals surface area contributed by atoms with Crippen molar-refractivity contribution < 1.29 is 4.74 Å². The summed E-state index contributed by atoms with van der Waals surface area (Å²) in [5, 5.41) is 0. The number of ether oxygens (including phenoxy) is 1. The van der Waals surface area contributed by atoms with Crippen molar-refractivity contribution in [3.8, 4) is 0 Å². The monoisotopic (exact) mass is 246 g/mol. The SMILES string of the molecule is Cc1ccc2[nH]c(=O)n(CC3CCOCC3)c2c1. The predicted molar refractivity (Wildman–Crippen MR) is 70.8 cm³/mol. The Bertz CT molecular complexity index is 606. The van der Waals surface area contributed by atoms with Crippen LogP contribution in [0.15, 0.2) is 23.0 Å². The molecule has 1 aliphatic heterocycles. The van der Waals surface area contributed by atoms with E-state index in [9.17, 15) is 4.79 Å². The van der Waals surface area contributed by atoms with Gasteiger partial charge in [0.25, 0.3) is 0 Å². The standard InChI is InChI=1S/C14H18N2O2/c1-10-2-3-12-13(8-10)16(14(17)15-12)9-11-4-6-18-7-5-11/h2-3,8,11H,4-7,9H2,1H3,(H,15,17). The van der Waals surface area contributed by atoms with Crippen molar-refractivity contribution >= 4 is 11.0 Å². The van der Waals surface area contributed by atoms with Crippen molar-refractivity contribution in [1.82, 2.24) is 9.55 Å². The summed E-state index contributed by atoms with van der Waals surface area (Å²) >= 11 is 0. The van der Waals surface area contributed by atoms with Crippen LogP contribution in [0.5, 0.6) is 0 Å². The zero-order valence-corrected chi connectivity index (χ0v) is 10.6. The van der Waals surface area contributed by atoms with Gasteiger partial charge in [-0.15, -0.1) is 0 Å². The summed E-state index contributed by atoms with van der Waals surface area (Å²) in [5.74, 6) is 0.552. The van der Waals surface area contributed by atoms with Crippen LogP contribution in [0, 0.1) is 12.8 Å². The molecule has 1 fully saturated rings. The Morgan fingerprint density at radius 3 is 2.94 bits per heavy atom. The molecule has 1 aliphatic rings. The van der Waals surface area contributed by atoms with Crippen molar-refractivity contribution in [1.29, 1.82) is 0 Å². The Balaban J connectivity index is 1.97. The molecule has 1 aromatic heterocycles. The van der Waals surface area contributed by atoms with E-state index in [4.69, 9.17) is 4.74 Å². The van der Waals surface area contributed by atoms with Gasteiger partial charge in [-0.05, 0) is 43.4 Å². The molecule has 4 heteroatoms. The first-order valence-corrected chi connectivity index (χ1v) is 6.51. The third-order valence-electron chi connectivity index (χ3n) is 3.71. The largest absolute Gasteiger partial charge is 0.381 e. The van der Waals surface area contributed by atoms with Gasteiger partial charge in [0.1, 0.15) is 0 Å². The van der Waals surface area contributed by atoms with Gasteiger partial charge in [-0.25, -0.2) is 4.79 Å². The Labute approximate surface area is 106 Å². The molecule has 0 radical (unpaired) electrons. The zero-order valence-electron chi connectivity index (χ0n) is 10.6. The molecule has 96 valence electrons. The lowest BCUT2D eigenvalue weighted by Crippen LogP contribution is -2.25. The highest BCUT2D eigenvalue weighted by molar-refractivity contribution is 5.75. The van der Waals surface area contributed by atoms with Crippen LogP contribution in [0.3, 0.4) is 0 Å². The van der Waals surface area contributed by atoms with Crippen molar-refractivity contribution in [2.75, 3.05) is 13.2 Å². The molecule has 4 nitrogen and oxygen atoms in total. The van der Waals surface area contributed by atoms with E-state index in [2.05, 4.69) is 18.0 Å². The van der Waals surface area contributed by atoms with Crippen LogP contribution in [0.4, 0.5) is 0 Å². The van der Waals surface area contributed by atoms with Gasteiger partial charge in [-0.2, -0.15) is 0 Å². The van der Waals surface area contributed by atoms with Crippen LogP contribution in [-0.2, 0) is 11.3 Å². The first kappa shape index (κ1) is 11.5. The maximum absolute atomic E-state index is 12.0. The molecule has 2 heterocycles. The number of rotatable bonds is 2. The highest BCUT2D eigenvalue weighted by Crippen LogP contribution is 2.19. The molecule has 0 unspecified atom stereocenters. The molecule has 18 heavy (non-hydrogen) atoms. The number of hydrogen-bond acceptors (Lipinski definition) is 2.